The average molecular weight is 264 g/mol. The highest BCUT2D eigenvalue weighted by molar-refractivity contribution is 7.87. The third kappa shape index (κ3) is 5.33. The largest absolute Gasteiger partial charge is 0.378 e. The zero-order valence-electron chi connectivity index (χ0n) is 10.8. The summed E-state index contributed by atoms with van der Waals surface area (Å²) in [5.74, 6) is 0. The van der Waals surface area contributed by atoms with Crippen molar-refractivity contribution in [3.63, 3.8) is 0 Å². The van der Waals surface area contributed by atoms with Gasteiger partial charge in [0, 0.05) is 26.7 Å². The van der Waals surface area contributed by atoms with Crippen LogP contribution < -0.4 is 4.72 Å². The smallest absolute Gasteiger partial charge is 0.279 e. The second-order valence-electron chi connectivity index (χ2n) is 4.50. The molecule has 0 amide bonds. The van der Waals surface area contributed by atoms with E-state index in [2.05, 4.69) is 4.72 Å². The molecule has 0 aliphatic carbocycles. The Kier molecular flexibility index (Phi) is 6.40. The Hall–Kier alpha value is -0.170. The summed E-state index contributed by atoms with van der Waals surface area (Å²) >= 11 is 0. The molecular weight excluding hydrogens is 240 g/mol. The molecule has 0 aromatic rings. The van der Waals surface area contributed by atoms with Crippen molar-refractivity contribution in [2.45, 2.75) is 45.1 Å². The molecule has 0 bridgehead atoms. The lowest BCUT2D eigenvalue weighted by atomic mass is 10.1. The molecule has 1 atom stereocenters. The summed E-state index contributed by atoms with van der Waals surface area (Å²) in [5.41, 5.74) is 0. The van der Waals surface area contributed by atoms with Crippen LogP contribution in [0, 0.1) is 0 Å². The van der Waals surface area contributed by atoms with Gasteiger partial charge in [0.1, 0.15) is 0 Å². The van der Waals surface area contributed by atoms with Crippen LogP contribution in [0.4, 0.5) is 0 Å². The van der Waals surface area contributed by atoms with E-state index in [-0.39, 0.29) is 6.10 Å². The molecule has 0 aromatic heterocycles. The first-order valence-electron chi connectivity index (χ1n) is 6.39. The topological polar surface area (TPSA) is 58.6 Å². The Labute approximate surface area is 105 Å². The van der Waals surface area contributed by atoms with E-state index in [9.17, 15) is 8.42 Å². The van der Waals surface area contributed by atoms with E-state index < -0.39 is 10.2 Å². The third-order valence-electron chi connectivity index (χ3n) is 2.98. The molecule has 0 spiro atoms. The number of nitrogens with zero attached hydrogens (tertiary/aromatic N) is 1. The van der Waals surface area contributed by atoms with Crippen LogP contribution in [0.15, 0.2) is 0 Å². The molecule has 0 saturated carbocycles. The lowest BCUT2D eigenvalue weighted by Crippen LogP contribution is -2.40. The van der Waals surface area contributed by atoms with Crippen molar-refractivity contribution in [3.05, 3.63) is 0 Å². The number of nitrogens with one attached hydrogen (secondary N) is 1. The molecule has 0 aromatic carbocycles. The number of hydrogen-bond acceptors (Lipinski definition) is 3. The zero-order chi connectivity index (χ0) is 12.7. The maximum Gasteiger partial charge on any atom is 0.279 e. The van der Waals surface area contributed by atoms with Gasteiger partial charge in [-0.15, -0.1) is 0 Å². The Morgan fingerprint density at radius 1 is 1.41 bits per heavy atom. The van der Waals surface area contributed by atoms with Gasteiger partial charge in [0.2, 0.25) is 0 Å². The first-order valence-corrected chi connectivity index (χ1v) is 7.83. The van der Waals surface area contributed by atoms with Crippen LogP contribution in [-0.2, 0) is 14.9 Å². The molecule has 1 rings (SSSR count). The molecular formula is C11H24N2O3S. The van der Waals surface area contributed by atoms with Gasteiger partial charge < -0.3 is 4.74 Å². The van der Waals surface area contributed by atoms with Gasteiger partial charge in [-0.05, 0) is 32.1 Å². The Balaban J connectivity index is 2.29. The molecule has 0 radical (unpaired) electrons. The Morgan fingerprint density at radius 3 is 2.76 bits per heavy atom. The first-order chi connectivity index (χ1) is 8.06. The van der Waals surface area contributed by atoms with Gasteiger partial charge in [-0.1, -0.05) is 6.92 Å². The van der Waals surface area contributed by atoms with E-state index in [1.807, 2.05) is 6.92 Å². The fraction of sp³-hybridized carbons (Fsp3) is 1.00. The van der Waals surface area contributed by atoms with Gasteiger partial charge in [-0.25, -0.2) is 4.72 Å². The molecule has 6 heteroatoms. The lowest BCUT2D eigenvalue weighted by Gasteiger charge is -2.25. The van der Waals surface area contributed by atoms with Crippen LogP contribution in [0.2, 0.25) is 0 Å². The summed E-state index contributed by atoms with van der Waals surface area (Å²) in [6, 6.07) is 0. The molecule has 1 heterocycles. The minimum Gasteiger partial charge on any atom is -0.378 e. The summed E-state index contributed by atoms with van der Waals surface area (Å²) in [7, 11) is -1.68. The predicted molar refractivity (Wildman–Crippen MR) is 68.1 cm³/mol. The second kappa shape index (κ2) is 7.31. The average Bonchev–Trinajstić information content (AvgIpc) is 2.34. The van der Waals surface area contributed by atoms with E-state index in [1.54, 1.807) is 7.05 Å². The summed E-state index contributed by atoms with van der Waals surface area (Å²) in [5, 5.41) is 0. The van der Waals surface area contributed by atoms with Gasteiger partial charge >= 0.3 is 0 Å². The minimum atomic E-state index is -3.30. The highest BCUT2D eigenvalue weighted by atomic mass is 32.2. The van der Waals surface area contributed by atoms with Crippen LogP contribution in [-0.4, -0.2) is 45.6 Å². The standard InChI is InChI=1S/C11H24N2O3S/c1-3-8-12-17(14,15)13(2)9-7-11-6-4-5-10-16-11/h11-12H,3-10H2,1-2H3. The van der Waals surface area contributed by atoms with Crippen LogP contribution in [0.1, 0.15) is 39.0 Å². The van der Waals surface area contributed by atoms with E-state index in [0.717, 1.165) is 32.3 Å². The zero-order valence-corrected chi connectivity index (χ0v) is 11.6. The fourth-order valence-electron chi connectivity index (χ4n) is 1.82. The van der Waals surface area contributed by atoms with Crippen molar-refractivity contribution < 1.29 is 13.2 Å². The molecule has 102 valence electrons. The van der Waals surface area contributed by atoms with Gasteiger partial charge in [-0.3, -0.25) is 0 Å². The summed E-state index contributed by atoms with van der Waals surface area (Å²) in [6.45, 7) is 3.77. The van der Waals surface area contributed by atoms with Crippen LogP contribution in [0.3, 0.4) is 0 Å². The monoisotopic (exact) mass is 264 g/mol. The molecule has 17 heavy (non-hydrogen) atoms. The molecule has 1 aliphatic rings. The molecule has 1 unspecified atom stereocenters. The number of rotatable bonds is 7. The molecule has 1 aliphatic heterocycles. The van der Waals surface area contributed by atoms with E-state index in [1.165, 1.54) is 10.7 Å². The van der Waals surface area contributed by atoms with Gasteiger partial charge in [-0.2, -0.15) is 12.7 Å². The fourth-order valence-corrected chi connectivity index (χ4v) is 2.85. The van der Waals surface area contributed by atoms with Crippen LogP contribution >= 0.6 is 0 Å². The Morgan fingerprint density at radius 2 is 2.18 bits per heavy atom. The van der Waals surface area contributed by atoms with Gasteiger partial charge in [0.15, 0.2) is 0 Å². The SMILES string of the molecule is CCCNS(=O)(=O)N(C)CCC1CCCCO1. The minimum absolute atomic E-state index is 0.229. The highest BCUT2D eigenvalue weighted by Crippen LogP contribution is 2.16. The molecule has 1 N–H and O–H groups in total. The van der Waals surface area contributed by atoms with Crippen molar-refractivity contribution in [3.8, 4) is 0 Å². The molecule has 1 fully saturated rings. The van der Waals surface area contributed by atoms with Gasteiger partial charge in [0.05, 0.1) is 6.10 Å². The normalized spacial score (nSPS) is 21.9. The summed E-state index contributed by atoms with van der Waals surface area (Å²) < 4.78 is 33.0. The number of hydrogen-bond donors (Lipinski definition) is 1. The lowest BCUT2D eigenvalue weighted by molar-refractivity contribution is 0.00947. The summed E-state index contributed by atoms with van der Waals surface area (Å²) in [6.07, 6.45) is 5.18. The number of ether oxygens (including phenoxy) is 1. The van der Waals surface area contributed by atoms with Crippen molar-refractivity contribution in [2.24, 2.45) is 0 Å². The molecule has 1 saturated heterocycles. The van der Waals surface area contributed by atoms with Gasteiger partial charge in [0.25, 0.3) is 10.2 Å². The van der Waals surface area contributed by atoms with Crippen molar-refractivity contribution in [1.82, 2.24) is 9.03 Å². The Bertz CT molecular complexity index is 300. The van der Waals surface area contributed by atoms with E-state index in [0.29, 0.717) is 13.1 Å². The maximum absolute atomic E-state index is 11.7. The first kappa shape index (κ1) is 14.9. The van der Waals surface area contributed by atoms with Crippen LogP contribution in [0.25, 0.3) is 0 Å². The summed E-state index contributed by atoms with van der Waals surface area (Å²) in [4.78, 5) is 0. The van der Waals surface area contributed by atoms with Crippen molar-refractivity contribution in [2.75, 3.05) is 26.7 Å². The quantitative estimate of drug-likeness (QED) is 0.749. The molecule has 5 nitrogen and oxygen atoms in total. The van der Waals surface area contributed by atoms with Crippen molar-refractivity contribution in [1.29, 1.82) is 0 Å². The second-order valence-corrected chi connectivity index (χ2v) is 6.36. The van der Waals surface area contributed by atoms with Crippen LogP contribution in [0.5, 0.6) is 0 Å². The predicted octanol–water partition coefficient (Wildman–Crippen LogP) is 1.12. The van der Waals surface area contributed by atoms with E-state index in [4.69, 9.17) is 4.74 Å². The maximum atomic E-state index is 11.7. The van der Waals surface area contributed by atoms with Crippen molar-refractivity contribution >= 4 is 10.2 Å². The van der Waals surface area contributed by atoms with E-state index >= 15 is 0 Å². The third-order valence-corrected chi connectivity index (χ3v) is 4.56. The highest BCUT2D eigenvalue weighted by Gasteiger charge is 2.19.